The summed E-state index contributed by atoms with van der Waals surface area (Å²) in [6.07, 6.45) is 2.35. The van der Waals surface area contributed by atoms with E-state index in [9.17, 15) is 0 Å². The first-order valence-corrected chi connectivity index (χ1v) is 11.3. The van der Waals surface area contributed by atoms with Gasteiger partial charge in [0.15, 0.2) is 22.5 Å². The number of hydrogen-bond donors (Lipinski definition) is 0. The molecular weight excluding hydrogens is 414 g/mol. The fraction of sp³-hybridized carbons (Fsp3) is 0.391. The lowest BCUT2D eigenvalue weighted by Gasteiger charge is -2.15. The van der Waals surface area contributed by atoms with Crippen LogP contribution in [0.15, 0.2) is 53.7 Å². The molecule has 0 N–H and O–H groups in total. The number of aromatic nitrogens is 3. The first kappa shape index (κ1) is 21.5. The molecule has 3 aromatic rings. The van der Waals surface area contributed by atoms with Gasteiger partial charge in [0.2, 0.25) is 0 Å². The highest BCUT2D eigenvalue weighted by molar-refractivity contribution is 7.99. The molecule has 0 bridgehead atoms. The Hall–Kier alpha value is -2.71. The molecule has 1 atom stereocenters. The van der Waals surface area contributed by atoms with Crippen LogP contribution < -0.4 is 14.2 Å². The third-order valence-corrected chi connectivity index (χ3v) is 6.05. The largest absolute Gasteiger partial charge is 0.497 e. The summed E-state index contributed by atoms with van der Waals surface area (Å²) >= 11 is 1.63. The molecule has 164 valence electrons. The van der Waals surface area contributed by atoms with Crippen LogP contribution >= 0.6 is 11.8 Å². The number of benzene rings is 2. The molecule has 31 heavy (non-hydrogen) atoms. The van der Waals surface area contributed by atoms with Crippen molar-refractivity contribution in [3.8, 4) is 28.6 Å². The molecule has 0 saturated carbocycles. The second kappa shape index (κ2) is 10.5. The van der Waals surface area contributed by atoms with Gasteiger partial charge in [0.05, 0.1) is 33.5 Å². The zero-order valence-corrected chi connectivity index (χ0v) is 18.6. The highest BCUT2D eigenvalue weighted by atomic mass is 32.2. The lowest BCUT2D eigenvalue weighted by molar-refractivity contribution is 0.0953. The summed E-state index contributed by atoms with van der Waals surface area (Å²) in [6, 6.07) is 15.6. The number of para-hydroxylation sites is 2. The Morgan fingerprint density at radius 2 is 1.84 bits per heavy atom. The first-order valence-electron chi connectivity index (χ1n) is 10.4. The minimum atomic E-state index is 0.192. The van der Waals surface area contributed by atoms with Crippen LogP contribution in [0.1, 0.15) is 12.8 Å². The molecule has 2 aromatic carbocycles. The summed E-state index contributed by atoms with van der Waals surface area (Å²) in [6.45, 7) is 2.10. The molecule has 1 saturated heterocycles. The average Bonchev–Trinajstić information content (AvgIpc) is 3.47. The van der Waals surface area contributed by atoms with Gasteiger partial charge in [-0.05, 0) is 49.2 Å². The highest BCUT2D eigenvalue weighted by Crippen LogP contribution is 2.29. The van der Waals surface area contributed by atoms with Gasteiger partial charge < -0.3 is 18.9 Å². The van der Waals surface area contributed by atoms with Crippen LogP contribution in [0.2, 0.25) is 0 Å². The molecule has 1 aliphatic heterocycles. The molecule has 0 amide bonds. The summed E-state index contributed by atoms with van der Waals surface area (Å²) in [7, 11) is 3.31. The van der Waals surface area contributed by atoms with Gasteiger partial charge in [-0.1, -0.05) is 23.9 Å². The number of methoxy groups -OCH3 is 2. The van der Waals surface area contributed by atoms with Crippen molar-refractivity contribution < 1.29 is 18.9 Å². The van der Waals surface area contributed by atoms with E-state index in [0.29, 0.717) is 6.61 Å². The second-order valence-corrected chi connectivity index (χ2v) is 8.19. The van der Waals surface area contributed by atoms with Crippen molar-refractivity contribution in [2.24, 2.45) is 0 Å². The quantitative estimate of drug-likeness (QED) is 0.343. The van der Waals surface area contributed by atoms with E-state index in [0.717, 1.165) is 65.5 Å². The molecule has 7 nitrogen and oxygen atoms in total. The fourth-order valence-corrected chi connectivity index (χ4v) is 4.29. The predicted molar refractivity (Wildman–Crippen MR) is 120 cm³/mol. The predicted octanol–water partition coefficient (Wildman–Crippen LogP) is 4.31. The van der Waals surface area contributed by atoms with E-state index >= 15 is 0 Å². The number of nitrogens with zero attached hydrogens (tertiary/aromatic N) is 3. The van der Waals surface area contributed by atoms with Crippen molar-refractivity contribution in [3.63, 3.8) is 0 Å². The van der Waals surface area contributed by atoms with Crippen molar-refractivity contribution in [2.45, 2.75) is 30.6 Å². The van der Waals surface area contributed by atoms with E-state index in [1.807, 2.05) is 48.5 Å². The van der Waals surface area contributed by atoms with Gasteiger partial charge in [-0.25, -0.2) is 0 Å². The first-order chi connectivity index (χ1) is 15.3. The Kier molecular flexibility index (Phi) is 7.32. The van der Waals surface area contributed by atoms with Gasteiger partial charge in [0.25, 0.3) is 0 Å². The Balaban J connectivity index is 1.46. The average molecular weight is 442 g/mol. The molecule has 8 heteroatoms. The number of hydrogen-bond acceptors (Lipinski definition) is 7. The van der Waals surface area contributed by atoms with E-state index in [4.69, 9.17) is 18.9 Å². The lowest BCUT2D eigenvalue weighted by Crippen LogP contribution is -2.17. The van der Waals surface area contributed by atoms with E-state index in [1.54, 1.807) is 26.0 Å². The molecule has 4 rings (SSSR count). The lowest BCUT2D eigenvalue weighted by atomic mass is 10.2. The van der Waals surface area contributed by atoms with E-state index in [-0.39, 0.29) is 6.10 Å². The zero-order valence-electron chi connectivity index (χ0n) is 17.8. The maximum Gasteiger partial charge on any atom is 0.191 e. The molecule has 1 unspecified atom stereocenters. The van der Waals surface area contributed by atoms with Crippen LogP contribution in [0.5, 0.6) is 17.2 Å². The van der Waals surface area contributed by atoms with Gasteiger partial charge in [-0.15, -0.1) is 10.2 Å². The normalized spacial score (nSPS) is 15.7. The highest BCUT2D eigenvalue weighted by Gasteiger charge is 2.22. The molecule has 0 radical (unpaired) electrons. The van der Waals surface area contributed by atoms with Gasteiger partial charge in [-0.2, -0.15) is 0 Å². The van der Waals surface area contributed by atoms with Crippen LogP contribution in [-0.4, -0.2) is 54.1 Å². The Morgan fingerprint density at radius 1 is 1.03 bits per heavy atom. The maximum absolute atomic E-state index is 5.90. The van der Waals surface area contributed by atoms with Crippen LogP contribution in [0.3, 0.4) is 0 Å². The molecule has 0 spiro atoms. The monoisotopic (exact) mass is 441 g/mol. The van der Waals surface area contributed by atoms with Gasteiger partial charge in [0.1, 0.15) is 5.75 Å². The Morgan fingerprint density at radius 3 is 2.55 bits per heavy atom. The topological polar surface area (TPSA) is 67.6 Å². The van der Waals surface area contributed by atoms with Crippen molar-refractivity contribution >= 4 is 11.8 Å². The zero-order chi connectivity index (χ0) is 21.5. The molecule has 0 aliphatic carbocycles. The molecule has 1 aromatic heterocycles. The fourth-order valence-electron chi connectivity index (χ4n) is 3.53. The maximum atomic E-state index is 5.90. The number of rotatable bonds is 10. The summed E-state index contributed by atoms with van der Waals surface area (Å²) < 4.78 is 24.5. The summed E-state index contributed by atoms with van der Waals surface area (Å²) in [5.41, 5.74) is 1.00. The van der Waals surface area contributed by atoms with E-state index in [1.165, 1.54) is 0 Å². The van der Waals surface area contributed by atoms with Crippen LogP contribution in [-0.2, 0) is 11.3 Å². The number of thioether (sulfide) groups is 1. The van der Waals surface area contributed by atoms with Crippen molar-refractivity contribution in [1.82, 2.24) is 14.8 Å². The SMILES string of the molecule is COc1ccc(-c2nnc(SCCOc3ccccc3OC)n2CC2CCCO2)cc1. The molecular formula is C23H27N3O4S. The van der Waals surface area contributed by atoms with Crippen molar-refractivity contribution in [3.05, 3.63) is 48.5 Å². The van der Waals surface area contributed by atoms with Crippen LogP contribution in [0.4, 0.5) is 0 Å². The Labute approximate surface area is 186 Å². The van der Waals surface area contributed by atoms with Crippen LogP contribution in [0.25, 0.3) is 11.4 Å². The molecule has 1 fully saturated rings. The third-order valence-electron chi connectivity index (χ3n) is 5.12. The van der Waals surface area contributed by atoms with E-state index < -0.39 is 0 Å². The third kappa shape index (κ3) is 5.32. The van der Waals surface area contributed by atoms with Gasteiger partial charge >= 0.3 is 0 Å². The molecule has 1 aliphatic rings. The summed E-state index contributed by atoms with van der Waals surface area (Å²) in [5.74, 6) is 3.87. The second-order valence-electron chi connectivity index (χ2n) is 7.13. The summed E-state index contributed by atoms with van der Waals surface area (Å²) in [4.78, 5) is 0. The Bertz CT molecular complexity index is 971. The smallest absolute Gasteiger partial charge is 0.191 e. The number of ether oxygens (including phenoxy) is 4. The minimum Gasteiger partial charge on any atom is -0.497 e. The van der Waals surface area contributed by atoms with Crippen LogP contribution in [0, 0.1) is 0 Å². The van der Waals surface area contributed by atoms with Crippen molar-refractivity contribution in [1.29, 1.82) is 0 Å². The minimum absolute atomic E-state index is 0.192. The van der Waals surface area contributed by atoms with Crippen molar-refractivity contribution in [2.75, 3.05) is 33.2 Å². The molecule has 2 heterocycles. The van der Waals surface area contributed by atoms with Gasteiger partial charge in [0, 0.05) is 17.9 Å². The van der Waals surface area contributed by atoms with E-state index in [2.05, 4.69) is 14.8 Å². The standard InChI is InChI=1S/C23H27N3O4S/c1-27-18-11-9-17(10-12-18)22-24-25-23(26(22)16-19-6-5-13-29-19)31-15-14-30-21-8-4-3-7-20(21)28-2/h3-4,7-12,19H,5-6,13-16H2,1-2H3. The van der Waals surface area contributed by atoms with Gasteiger partial charge in [-0.3, -0.25) is 4.57 Å². The summed E-state index contributed by atoms with van der Waals surface area (Å²) in [5, 5.41) is 9.81.